The van der Waals surface area contributed by atoms with E-state index in [4.69, 9.17) is 0 Å². The average molecular weight is 511 g/mol. The van der Waals surface area contributed by atoms with Gasteiger partial charge in [-0.15, -0.1) is 0 Å². The van der Waals surface area contributed by atoms with E-state index in [0.29, 0.717) is 17.7 Å². The normalized spacial score (nSPS) is 12.7. The van der Waals surface area contributed by atoms with Crippen LogP contribution in [0.15, 0.2) is 48.9 Å². The van der Waals surface area contributed by atoms with Crippen LogP contribution < -0.4 is 5.32 Å². The number of rotatable bonds is 5. The molecule has 1 atom stereocenters. The maximum Gasteiger partial charge on any atom is 0.416 e. The number of nitrogens with zero attached hydrogens (tertiary/aromatic N) is 4. The zero-order valence-corrected chi connectivity index (χ0v) is 19.1. The van der Waals surface area contributed by atoms with Crippen LogP contribution in [-0.2, 0) is 12.4 Å². The highest BCUT2D eigenvalue weighted by Gasteiger charge is 2.37. The highest BCUT2D eigenvalue weighted by Crippen LogP contribution is 2.36. The predicted molar refractivity (Wildman–Crippen MR) is 116 cm³/mol. The Bertz CT molecular complexity index is 1240. The van der Waals surface area contributed by atoms with Gasteiger partial charge in [-0.2, -0.15) is 26.3 Å². The van der Waals surface area contributed by atoms with Crippen molar-refractivity contribution in [3.63, 3.8) is 0 Å². The number of amides is 2. The van der Waals surface area contributed by atoms with Crippen LogP contribution in [0.25, 0.3) is 11.4 Å². The molecule has 3 rings (SSSR count). The summed E-state index contributed by atoms with van der Waals surface area (Å²) in [5.74, 6) is -1.45. The topological polar surface area (TPSA) is 88.1 Å². The maximum absolute atomic E-state index is 13.1. The third-order valence-electron chi connectivity index (χ3n) is 4.99. The zero-order chi connectivity index (χ0) is 26.8. The molecule has 0 bridgehead atoms. The SMILES string of the molecule is CC(NC(=O)c1cc(C(F)(F)F)cc(C(F)(F)F)c1)c1nccnc1-c1ccc(C(=O)N(C)C)cn1. The highest BCUT2D eigenvalue weighted by molar-refractivity contribution is 5.95. The Hall–Kier alpha value is -4.03. The summed E-state index contributed by atoms with van der Waals surface area (Å²) in [6, 6.07) is 2.66. The first-order valence-corrected chi connectivity index (χ1v) is 10.3. The van der Waals surface area contributed by atoms with Gasteiger partial charge in [0.25, 0.3) is 11.8 Å². The second-order valence-electron chi connectivity index (χ2n) is 7.91. The molecule has 7 nitrogen and oxygen atoms in total. The number of benzene rings is 1. The molecule has 3 aromatic rings. The Balaban J connectivity index is 1.92. The first-order valence-electron chi connectivity index (χ1n) is 10.3. The van der Waals surface area contributed by atoms with Crippen molar-refractivity contribution in [3.8, 4) is 11.4 Å². The van der Waals surface area contributed by atoms with E-state index in [0.717, 1.165) is 0 Å². The van der Waals surface area contributed by atoms with Crippen molar-refractivity contribution in [2.45, 2.75) is 25.3 Å². The average Bonchev–Trinajstić information content (AvgIpc) is 2.82. The van der Waals surface area contributed by atoms with Gasteiger partial charge < -0.3 is 10.2 Å². The summed E-state index contributed by atoms with van der Waals surface area (Å²) < 4.78 is 78.9. The lowest BCUT2D eigenvalue weighted by Crippen LogP contribution is -2.28. The zero-order valence-electron chi connectivity index (χ0n) is 19.1. The van der Waals surface area contributed by atoms with E-state index < -0.39 is 41.0 Å². The number of carbonyl (C=O) groups is 2. The molecule has 0 saturated heterocycles. The Morgan fingerprint density at radius 2 is 1.44 bits per heavy atom. The van der Waals surface area contributed by atoms with Crippen LogP contribution >= 0.6 is 0 Å². The van der Waals surface area contributed by atoms with Crippen LogP contribution in [0.3, 0.4) is 0 Å². The molecule has 1 aromatic carbocycles. The first kappa shape index (κ1) is 26.6. The molecule has 0 spiro atoms. The Morgan fingerprint density at radius 3 is 1.94 bits per heavy atom. The van der Waals surface area contributed by atoms with Crippen molar-refractivity contribution in [1.82, 2.24) is 25.2 Å². The van der Waals surface area contributed by atoms with Crippen molar-refractivity contribution in [2.75, 3.05) is 14.1 Å². The van der Waals surface area contributed by atoms with Gasteiger partial charge in [-0.25, -0.2) is 0 Å². The molecule has 36 heavy (non-hydrogen) atoms. The fourth-order valence-electron chi connectivity index (χ4n) is 3.22. The Kier molecular flexibility index (Phi) is 7.32. The van der Waals surface area contributed by atoms with Crippen molar-refractivity contribution in [3.05, 3.63) is 76.9 Å². The fourth-order valence-corrected chi connectivity index (χ4v) is 3.22. The monoisotopic (exact) mass is 511 g/mol. The molecule has 0 radical (unpaired) electrons. The van der Waals surface area contributed by atoms with Crippen molar-refractivity contribution in [1.29, 1.82) is 0 Å². The largest absolute Gasteiger partial charge is 0.416 e. The molecule has 1 N–H and O–H groups in total. The lowest BCUT2D eigenvalue weighted by molar-refractivity contribution is -0.143. The lowest BCUT2D eigenvalue weighted by atomic mass is 10.0. The molecular weight excluding hydrogens is 492 g/mol. The quantitative estimate of drug-likeness (QED) is 0.499. The summed E-state index contributed by atoms with van der Waals surface area (Å²) in [5, 5.41) is 2.36. The van der Waals surface area contributed by atoms with E-state index in [1.165, 1.54) is 42.5 Å². The predicted octanol–water partition coefficient (Wildman–Crippen LogP) is 4.77. The number of hydrogen-bond donors (Lipinski definition) is 1. The molecule has 13 heteroatoms. The maximum atomic E-state index is 13.1. The number of alkyl halides is 6. The van der Waals surface area contributed by atoms with Crippen LogP contribution in [0.1, 0.15) is 50.5 Å². The van der Waals surface area contributed by atoms with Gasteiger partial charge in [-0.1, -0.05) is 0 Å². The summed E-state index contributed by atoms with van der Waals surface area (Å²) in [6.45, 7) is 1.44. The van der Waals surface area contributed by atoms with E-state index in [-0.39, 0.29) is 29.1 Å². The van der Waals surface area contributed by atoms with E-state index in [9.17, 15) is 35.9 Å². The number of pyridine rings is 1. The number of halogens is 6. The van der Waals surface area contributed by atoms with Crippen LogP contribution in [0, 0.1) is 0 Å². The molecule has 0 saturated carbocycles. The smallest absolute Gasteiger partial charge is 0.345 e. The molecule has 2 aromatic heterocycles. The third-order valence-corrected chi connectivity index (χ3v) is 4.99. The van der Waals surface area contributed by atoms with Crippen LogP contribution in [0.4, 0.5) is 26.3 Å². The van der Waals surface area contributed by atoms with Crippen molar-refractivity contribution >= 4 is 11.8 Å². The summed E-state index contributed by atoms with van der Waals surface area (Å²) in [4.78, 5) is 38.6. The van der Waals surface area contributed by atoms with Gasteiger partial charge in [-0.05, 0) is 37.3 Å². The van der Waals surface area contributed by atoms with E-state index in [1.54, 1.807) is 14.1 Å². The van der Waals surface area contributed by atoms with Crippen molar-refractivity contribution < 1.29 is 35.9 Å². The van der Waals surface area contributed by atoms with E-state index >= 15 is 0 Å². The van der Waals surface area contributed by atoms with Crippen LogP contribution in [-0.4, -0.2) is 45.8 Å². The minimum Gasteiger partial charge on any atom is -0.345 e. The number of nitrogens with one attached hydrogen (secondary N) is 1. The van der Waals surface area contributed by atoms with Gasteiger partial charge in [0, 0.05) is 38.2 Å². The molecule has 190 valence electrons. The first-order chi connectivity index (χ1) is 16.7. The third kappa shape index (κ3) is 5.96. The molecule has 0 aliphatic heterocycles. The standard InChI is InChI=1S/C23H19F6N5O2/c1-12(33-20(35)14-8-15(22(24,25)26)10-16(9-14)23(27,28)29)18-19(31-7-6-30-18)17-5-4-13(11-32-17)21(36)34(2)3/h4-12H,1-3H3,(H,33,35). The molecule has 2 amide bonds. The fraction of sp³-hybridized carbons (Fsp3) is 0.261. The molecule has 0 fully saturated rings. The summed E-state index contributed by atoms with van der Waals surface area (Å²) in [6.07, 6.45) is -6.22. The molecule has 1 unspecified atom stereocenters. The highest BCUT2D eigenvalue weighted by atomic mass is 19.4. The van der Waals surface area contributed by atoms with Gasteiger partial charge in [0.1, 0.15) is 5.69 Å². The van der Waals surface area contributed by atoms with Gasteiger partial charge in [0.15, 0.2) is 0 Å². The minimum atomic E-state index is -5.09. The molecule has 0 aliphatic carbocycles. The molecular formula is C23H19F6N5O2. The van der Waals surface area contributed by atoms with Crippen molar-refractivity contribution in [2.24, 2.45) is 0 Å². The second-order valence-corrected chi connectivity index (χ2v) is 7.91. The Labute approximate surface area is 201 Å². The van der Waals surface area contributed by atoms with Gasteiger partial charge >= 0.3 is 12.4 Å². The van der Waals surface area contributed by atoms with Crippen LogP contribution in [0.2, 0.25) is 0 Å². The summed E-state index contributed by atoms with van der Waals surface area (Å²) in [5.41, 5.74) is -3.08. The summed E-state index contributed by atoms with van der Waals surface area (Å²) in [7, 11) is 3.15. The molecule has 0 aliphatic rings. The lowest BCUT2D eigenvalue weighted by Gasteiger charge is -2.18. The van der Waals surface area contributed by atoms with Gasteiger partial charge in [0.2, 0.25) is 0 Å². The van der Waals surface area contributed by atoms with E-state index in [1.807, 2.05) is 0 Å². The Morgan fingerprint density at radius 1 is 0.861 bits per heavy atom. The number of carbonyl (C=O) groups excluding carboxylic acids is 2. The van der Waals surface area contributed by atoms with E-state index in [2.05, 4.69) is 20.3 Å². The second kappa shape index (κ2) is 9.91. The number of aromatic nitrogens is 3. The minimum absolute atomic E-state index is 0.0582. The van der Waals surface area contributed by atoms with Gasteiger partial charge in [0.05, 0.1) is 34.1 Å². The molecule has 2 heterocycles. The summed E-state index contributed by atoms with van der Waals surface area (Å²) >= 11 is 0. The number of hydrogen-bond acceptors (Lipinski definition) is 5. The van der Waals surface area contributed by atoms with Gasteiger partial charge in [-0.3, -0.25) is 24.5 Å². The van der Waals surface area contributed by atoms with Crippen LogP contribution in [0.5, 0.6) is 0 Å².